The minimum atomic E-state index is 0.345. The van der Waals surface area contributed by atoms with Gasteiger partial charge in [0.2, 0.25) is 0 Å². The van der Waals surface area contributed by atoms with E-state index in [0.29, 0.717) is 11.8 Å². The summed E-state index contributed by atoms with van der Waals surface area (Å²) in [5.41, 5.74) is 1.29. The minimum absolute atomic E-state index is 0.345. The van der Waals surface area contributed by atoms with Crippen LogP contribution in [0.2, 0.25) is 0 Å². The Labute approximate surface area is 110 Å². The van der Waals surface area contributed by atoms with Crippen LogP contribution in [0.5, 0.6) is 5.75 Å². The lowest BCUT2D eigenvalue weighted by Crippen LogP contribution is -2.40. The molecule has 1 fully saturated rings. The van der Waals surface area contributed by atoms with E-state index in [0.717, 1.165) is 12.5 Å². The van der Waals surface area contributed by atoms with Gasteiger partial charge >= 0.3 is 0 Å². The largest absolute Gasteiger partial charge is 0.508 e. The zero-order valence-electron chi connectivity index (χ0n) is 11.4. The average Bonchev–Trinajstić information content (AvgIpc) is 2.39. The molecule has 1 heterocycles. The number of benzene rings is 1. The molecule has 0 saturated carbocycles. The van der Waals surface area contributed by atoms with Gasteiger partial charge in [-0.2, -0.15) is 0 Å². The number of piperidine rings is 1. The smallest absolute Gasteiger partial charge is 0.115 e. The molecular weight excluding hydrogens is 224 g/mol. The van der Waals surface area contributed by atoms with Gasteiger partial charge in [0.05, 0.1) is 0 Å². The first kappa shape index (κ1) is 13.4. The first-order valence-electron chi connectivity index (χ1n) is 6.88. The van der Waals surface area contributed by atoms with Crippen molar-refractivity contribution in [2.75, 3.05) is 26.7 Å². The van der Waals surface area contributed by atoms with Crippen molar-refractivity contribution in [2.24, 2.45) is 5.92 Å². The lowest BCUT2D eigenvalue weighted by molar-refractivity contribution is 0.131. The number of likely N-dealkylation sites (tertiary alicyclic amines) is 1. The van der Waals surface area contributed by atoms with Gasteiger partial charge in [0, 0.05) is 12.6 Å². The highest BCUT2D eigenvalue weighted by atomic mass is 16.3. The maximum atomic E-state index is 9.34. The van der Waals surface area contributed by atoms with Crippen LogP contribution in [0.4, 0.5) is 0 Å². The van der Waals surface area contributed by atoms with Crippen molar-refractivity contribution in [3.63, 3.8) is 0 Å². The first-order chi connectivity index (χ1) is 8.70. The first-order valence-corrected chi connectivity index (χ1v) is 6.88. The molecule has 3 nitrogen and oxygen atoms in total. The Morgan fingerprint density at radius 3 is 2.78 bits per heavy atom. The van der Waals surface area contributed by atoms with Crippen LogP contribution < -0.4 is 5.32 Å². The zero-order chi connectivity index (χ0) is 13.0. The van der Waals surface area contributed by atoms with E-state index in [4.69, 9.17) is 0 Å². The van der Waals surface area contributed by atoms with Gasteiger partial charge in [-0.15, -0.1) is 0 Å². The van der Waals surface area contributed by atoms with Crippen LogP contribution in [0.3, 0.4) is 0 Å². The number of rotatable bonds is 4. The minimum Gasteiger partial charge on any atom is -0.508 e. The fourth-order valence-electron chi connectivity index (χ4n) is 2.87. The van der Waals surface area contributed by atoms with Gasteiger partial charge in [-0.1, -0.05) is 12.1 Å². The molecule has 1 aromatic rings. The topological polar surface area (TPSA) is 35.5 Å². The summed E-state index contributed by atoms with van der Waals surface area (Å²) < 4.78 is 0. The number of hydrogen-bond acceptors (Lipinski definition) is 3. The molecule has 0 amide bonds. The number of hydrogen-bond donors (Lipinski definition) is 2. The summed E-state index contributed by atoms with van der Waals surface area (Å²) in [6, 6.07) is 8.05. The summed E-state index contributed by atoms with van der Waals surface area (Å²) in [5.74, 6) is 1.11. The maximum absolute atomic E-state index is 9.34. The van der Waals surface area contributed by atoms with Crippen LogP contribution in [0.25, 0.3) is 0 Å². The second kappa shape index (κ2) is 6.21. The van der Waals surface area contributed by atoms with Crippen molar-refractivity contribution in [3.8, 4) is 5.75 Å². The summed E-state index contributed by atoms with van der Waals surface area (Å²) in [7, 11) is 2.03. The Kier molecular flexibility index (Phi) is 4.61. The van der Waals surface area contributed by atoms with Gasteiger partial charge in [-0.05, 0) is 63.5 Å². The predicted molar refractivity (Wildman–Crippen MR) is 74.7 cm³/mol. The molecule has 0 aliphatic carbocycles. The molecule has 3 heteroatoms. The SMILES string of the molecule is CNCC1CCCN(C(C)c2ccc(O)cc2)C1. The molecular formula is C15H24N2O. The zero-order valence-corrected chi connectivity index (χ0v) is 11.4. The average molecular weight is 248 g/mol. The third kappa shape index (κ3) is 3.24. The van der Waals surface area contributed by atoms with Gasteiger partial charge in [-0.25, -0.2) is 0 Å². The number of nitrogens with one attached hydrogen (secondary N) is 1. The Hall–Kier alpha value is -1.06. The van der Waals surface area contributed by atoms with Gasteiger partial charge in [-0.3, -0.25) is 4.90 Å². The van der Waals surface area contributed by atoms with E-state index in [9.17, 15) is 5.11 Å². The molecule has 1 aliphatic rings. The van der Waals surface area contributed by atoms with E-state index in [-0.39, 0.29) is 0 Å². The molecule has 18 heavy (non-hydrogen) atoms. The molecule has 1 saturated heterocycles. The summed E-state index contributed by atoms with van der Waals surface area (Å²) in [6.07, 6.45) is 2.62. The fourth-order valence-corrected chi connectivity index (χ4v) is 2.87. The number of nitrogens with zero attached hydrogens (tertiary/aromatic N) is 1. The molecule has 2 unspecified atom stereocenters. The van der Waals surface area contributed by atoms with Crippen LogP contribution in [-0.4, -0.2) is 36.7 Å². The highest BCUT2D eigenvalue weighted by Crippen LogP contribution is 2.27. The van der Waals surface area contributed by atoms with E-state index in [1.807, 2.05) is 19.2 Å². The number of phenols is 1. The quantitative estimate of drug-likeness (QED) is 0.859. The normalized spacial score (nSPS) is 22.9. The van der Waals surface area contributed by atoms with Crippen LogP contribution in [0, 0.1) is 5.92 Å². The monoisotopic (exact) mass is 248 g/mol. The van der Waals surface area contributed by atoms with Crippen LogP contribution >= 0.6 is 0 Å². The van der Waals surface area contributed by atoms with E-state index >= 15 is 0 Å². The Balaban J connectivity index is 1.99. The lowest BCUT2D eigenvalue weighted by atomic mass is 9.95. The molecule has 2 N–H and O–H groups in total. The molecule has 1 aliphatic heterocycles. The predicted octanol–water partition coefficient (Wildman–Crippen LogP) is 2.38. The van der Waals surface area contributed by atoms with E-state index < -0.39 is 0 Å². The van der Waals surface area contributed by atoms with Crippen molar-refractivity contribution in [2.45, 2.75) is 25.8 Å². The molecule has 2 rings (SSSR count). The third-order valence-electron chi connectivity index (χ3n) is 3.97. The van der Waals surface area contributed by atoms with Crippen LogP contribution in [0.15, 0.2) is 24.3 Å². The van der Waals surface area contributed by atoms with E-state index in [2.05, 4.69) is 17.1 Å². The van der Waals surface area contributed by atoms with Crippen molar-refractivity contribution >= 4 is 0 Å². The fraction of sp³-hybridized carbons (Fsp3) is 0.600. The maximum Gasteiger partial charge on any atom is 0.115 e. The number of phenolic OH excluding ortho intramolecular Hbond substituents is 1. The lowest BCUT2D eigenvalue weighted by Gasteiger charge is -2.37. The summed E-state index contributed by atoms with van der Waals surface area (Å²) in [6.45, 7) is 5.72. The second-order valence-corrected chi connectivity index (χ2v) is 5.33. The van der Waals surface area contributed by atoms with Crippen molar-refractivity contribution in [1.29, 1.82) is 0 Å². The van der Waals surface area contributed by atoms with Crippen molar-refractivity contribution in [1.82, 2.24) is 10.2 Å². The van der Waals surface area contributed by atoms with Crippen LogP contribution in [0.1, 0.15) is 31.4 Å². The van der Waals surface area contributed by atoms with Gasteiger partial charge in [0.1, 0.15) is 5.75 Å². The Morgan fingerprint density at radius 1 is 1.39 bits per heavy atom. The molecule has 1 aromatic carbocycles. The third-order valence-corrected chi connectivity index (χ3v) is 3.97. The van der Waals surface area contributed by atoms with E-state index in [1.165, 1.54) is 31.5 Å². The molecule has 100 valence electrons. The summed E-state index contributed by atoms with van der Waals surface area (Å²) in [4.78, 5) is 2.55. The highest BCUT2D eigenvalue weighted by molar-refractivity contribution is 5.27. The number of aromatic hydroxyl groups is 1. The Morgan fingerprint density at radius 2 is 2.11 bits per heavy atom. The molecule has 0 radical (unpaired) electrons. The van der Waals surface area contributed by atoms with Crippen LogP contribution in [-0.2, 0) is 0 Å². The van der Waals surface area contributed by atoms with Crippen molar-refractivity contribution < 1.29 is 5.11 Å². The standard InChI is InChI=1S/C15H24N2O/c1-12(14-5-7-15(18)8-6-14)17-9-3-4-13(11-17)10-16-2/h5-8,12-13,16,18H,3-4,9-11H2,1-2H3. The van der Waals surface area contributed by atoms with Gasteiger partial charge < -0.3 is 10.4 Å². The van der Waals surface area contributed by atoms with Gasteiger partial charge in [0.15, 0.2) is 0 Å². The summed E-state index contributed by atoms with van der Waals surface area (Å²) in [5, 5.41) is 12.6. The van der Waals surface area contributed by atoms with E-state index in [1.54, 1.807) is 12.1 Å². The molecule has 0 aromatic heterocycles. The highest BCUT2D eigenvalue weighted by Gasteiger charge is 2.23. The summed E-state index contributed by atoms with van der Waals surface area (Å²) >= 11 is 0. The van der Waals surface area contributed by atoms with Gasteiger partial charge in [0.25, 0.3) is 0 Å². The Bertz CT molecular complexity index is 361. The molecule has 0 spiro atoms. The second-order valence-electron chi connectivity index (χ2n) is 5.33. The molecule has 2 atom stereocenters. The molecule has 0 bridgehead atoms. The van der Waals surface area contributed by atoms with Crippen molar-refractivity contribution in [3.05, 3.63) is 29.8 Å².